The van der Waals surface area contributed by atoms with Gasteiger partial charge in [-0.25, -0.2) is 0 Å². The van der Waals surface area contributed by atoms with Crippen molar-refractivity contribution < 1.29 is 9.84 Å². The summed E-state index contributed by atoms with van der Waals surface area (Å²) >= 11 is 0. The summed E-state index contributed by atoms with van der Waals surface area (Å²) in [6.45, 7) is 3.90. The van der Waals surface area contributed by atoms with Crippen molar-refractivity contribution in [2.24, 2.45) is 0 Å². The van der Waals surface area contributed by atoms with Crippen LogP contribution in [0.25, 0.3) is 0 Å². The molecule has 1 aliphatic carbocycles. The van der Waals surface area contributed by atoms with E-state index in [0.29, 0.717) is 12.1 Å². The van der Waals surface area contributed by atoms with E-state index in [1.165, 1.54) is 0 Å². The third-order valence-corrected chi connectivity index (χ3v) is 4.27. The van der Waals surface area contributed by atoms with Crippen LogP contribution in [-0.2, 0) is 4.74 Å². The van der Waals surface area contributed by atoms with Crippen molar-refractivity contribution in [2.75, 3.05) is 13.2 Å². The van der Waals surface area contributed by atoms with Crippen LogP contribution in [0.5, 0.6) is 0 Å². The molecule has 1 saturated heterocycles. The predicted molar refractivity (Wildman–Crippen MR) is 64.5 cm³/mol. The average Bonchev–Trinajstić information content (AvgIpc) is 2.34. The van der Waals surface area contributed by atoms with E-state index in [-0.39, 0.29) is 5.60 Å². The molecule has 0 atom stereocenters. The van der Waals surface area contributed by atoms with Crippen LogP contribution >= 0.6 is 0 Å². The van der Waals surface area contributed by atoms with Gasteiger partial charge in [0, 0.05) is 25.3 Å². The summed E-state index contributed by atoms with van der Waals surface area (Å²) in [5.74, 6) is 0. The Hall–Kier alpha value is -0.120. The zero-order chi connectivity index (χ0) is 11.4. The van der Waals surface area contributed by atoms with Crippen LogP contribution in [-0.4, -0.2) is 36.0 Å². The first-order valence-corrected chi connectivity index (χ1v) is 6.78. The van der Waals surface area contributed by atoms with Crippen LogP contribution < -0.4 is 5.32 Å². The lowest BCUT2D eigenvalue weighted by Crippen LogP contribution is -2.46. The molecule has 0 bridgehead atoms. The topological polar surface area (TPSA) is 41.5 Å². The monoisotopic (exact) mass is 227 g/mol. The van der Waals surface area contributed by atoms with Gasteiger partial charge in [0.05, 0.1) is 5.60 Å². The molecule has 1 heterocycles. The fraction of sp³-hybridized carbons (Fsp3) is 1.00. The molecule has 0 spiro atoms. The first-order chi connectivity index (χ1) is 7.72. The second-order valence-electron chi connectivity index (χ2n) is 5.41. The van der Waals surface area contributed by atoms with Gasteiger partial charge in [-0.15, -0.1) is 0 Å². The SMILES string of the molecule is CCC1(O)CCC(NC2CCOCC2)CC1. The fourth-order valence-corrected chi connectivity index (χ4v) is 2.87. The Labute approximate surface area is 98.6 Å². The van der Waals surface area contributed by atoms with Crippen molar-refractivity contribution in [3.05, 3.63) is 0 Å². The van der Waals surface area contributed by atoms with Gasteiger partial charge in [-0.3, -0.25) is 0 Å². The van der Waals surface area contributed by atoms with Gasteiger partial charge in [0.15, 0.2) is 0 Å². The maximum absolute atomic E-state index is 10.2. The number of hydrogen-bond acceptors (Lipinski definition) is 3. The predicted octanol–water partition coefficient (Wildman–Crippen LogP) is 1.84. The Kier molecular flexibility index (Phi) is 4.22. The van der Waals surface area contributed by atoms with E-state index in [2.05, 4.69) is 12.2 Å². The molecule has 0 unspecified atom stereocenters. The third kappa shape index (κ3) is 3.19. The molecular formula is C13H25NO2. The standard InChI is InChI=1S/C13H25NO2/c1-2-13(15)7-3-11(4-8-13)14-12-5-9-16-10-6-12/h11-12,14-15H,2-10H2,1H3. The van der Waals surface area contributed by atoms with E-state index >= 15 is 0 Å². The second kappa shape index (κ2) is 5.48. The quantitative estimate of drug-likeness (QED) is 0.773. The first kappa shape index (κ1) is 12.3. The zero-order valence-corrected chi connectivity index (χ0v) is 10.4. The summed E-state index contributed by atoms with van der Waals surface area (Å²) in [5, 5.41) is 13.9. The zero-order valence-electron chi connectivity index (χ0n) is 10.4. The molecule has 1 saturated carbocycles. The summed E-state index contributed by atoms with van der Waals surface area (Å²) < 4.78 is 5.36. The van der Waals surface area contributed by atoms with E-state index in [4.69, 9.17) is 4.74 Å². The summed E-state index contributed by atoms with van der Waals surface area (Å²) in [6.07, 6.45) is 7.37. The van der Waals surface area contributed by atoms with Crippen LogP contribution in [0.3, 0.4) is 0 Å². The number of ether oxygens (including phenoxy) is 1. The molecule has 0 aromatic carbocycles. The Morgan fingerprint density at radius 2 is 1.69 bits per heavy atom. The lowest BCUT2D eigenvalue weighted by Gasteiger charge is -2.38. The summed E-state index contributed by atoms with van der Waals surface area (Å²) in [4.78, 5) is 0. The Morgan fingerprint density at radius 1 is 1.12 bits per heavy atom. The van der Waals surface area contributed by atoms with Gasteiger partial charge in [-0.05, 0) is 44.9 Å². The van der Waals surface area contributed by atoms with Crippen molar-refractivity contribution >= 4 is 0 Å². The maximum atomic E-state index is 10.2. The van der Waals surface area contributed by atoms with E-state index in [1.54, 1.807) is 0 Å². The lowest BCUT2D eigenvalue weighted by atomic mass is 9.80. The molecule has 2 aliphatic rings. The third-order valence-electron chi connectivity index (χ3n) is 4.27. The molecule has 2 fully saturated rings. The van der Waals surface area contributed by atoms with Gasteiger partial charge >= 0.3 is 0 Å². The number of hydrogen-bond donors (Lipinski definition) is 2. The van der Waals surface area contributed by atoms with Crippen molar-refractivity contribution in [3.63, 3.8) is 0 Å². The van der Waals surface area contributed by atoms with Crippen molar-refractivity contribution in [2.45, 2.75) is 69.6 Å². The van der Waals surface area contributed by atoms with Gasteiger partial charge < -0.3 is 15.2 Å². The number of aliphatic hydroxyl groups is 1. The van der Waals surface area contributed by atoms with E-state index in [1.807, 2.05) is 0 Å². The van der Waals surface area contributed by atoms with Crippen LogP contribution in [0.15, 0.2) is 0 Å². The van der Waals surface area contributed by atoms with Crippen LogP contribution in [0.1, 0.15) is 51.9 Å². The molecule has 0 aromatic rings. The molecule has 16 heavy (non-hydrogen) atoms. The van der Waals surface area contributed by atoms with E-state index < -0.39 is 0 Å². The summed E-state index contributed by atoms with van der Waals surface area (Å²) in [5.41, 5.74) is -0.367. The molecule has 3 nitrogen and oxygen atoms in total. The normalized spacial score (nSPS) is 37.5. The first-order valence-electron chi connectivity index (χ1n) is 6.78. The van der Waals surface area contributed by atoms with Gasteiger partial charge in [0.2, 0.25) is 0 Å². The molecule has 2 rings (SSSR count). The number of nitrogens with one attached hydrogen (secondary N) is 1. The highest BCUT2D eigenvalue weighted by Gasteiger charge is 2.32. The molecule has 2 N–H and O–H groups in total. The Bertz CT molecular complexity index is 206. The fourth-order valence-electron chi connectivity index (χ4n) is 2.87. The molecule has 3 heteroatoms. The van der Waals surface area contributed by atoms with Crippen LogP contribution in [0, 0.1) is 0 Å². The van der Waals surface area contributed by atoms with Gasteiger partial charge in [0.1, 0.15) is 0 Å². The summed E-state index contributed by atoms with van der Waals surface area (Å²) in [7, 11) is 0. The van der Waals surface area contributed by atoms with E-state index in [0.717, 1.165) is 58.2 Å². The van der Waals surface area contributed by atoms with Crippen LogP contribution in [0.4, 0.5) is 0 Å². The molecular weight excluding hydrogens is 202 g/mol. The molecule has 1 aliphatic heterocycles. The highest BCUT2D eigenvalue weighted by atomic mass is 16.5. The minimum absolute atomic E-state index is 0.367. The average molecular weight is 227 g/mol. The van der Waals surface area contributed by atoms with Gasteiger partial charge in [-0.1, -0.05) is 6.92 Å². The van der Waals surface area contributed by atoms with E-state index in [9.17, 15) is 5.11 Å². The molecule has 0 aromatic heterocycles. The van der Waals surface area contributed by atoms with Gasteiger partial charge in [0.25, 0.3) is 0 Å². The Morgan fingerprint density at radius 3 is 2.25 bits per heavy atom. The van der Waals surface area contributed by atoms with Crippen molar-refractivity contribution in [1.29, 1.82) is 0 Å². The highest BCUT2D eigenvalue weighted by molar-refractivity contribution is 4.88. The second-order valence-corrected chi connectivity index (χ2v) is 5.41. The van der Waals surface area contributed by atoms with Crippen molar-refractivity contribution in [3.8, 4) is 0 Å². The largest absolute Gasteiger partial charge is 0.390 e. The molecule has 0 amide bonds. The minimum Gasteiger partial charge on any atom is -0.390 e. The maximum Gasteiger partial charge on any atom is 0.0646 e. The Balaban J connectivity index is 1.72. The summed E-state index contributed by atoms with van der Waals surface area (Å²) in [6, 6.07) is 1.27. The molecule has 94 valence electrons. The number of rotatable bonds is 3. The van der Waals surface area contributed by atoms with Crippen molar-refractivity contribution in [1.82, 2.24) is 5.32 Å². The molecule has 0 radical (unpaired) electrons. The minimum atomic E-state index is -0.367. The smallest absolute Gasteiger partial charge is 0.0646 e. The highest BCUT2D eigenvalue weighted by Crippen LogP contribution is 2.31. The van der Waals surface area contributed by atoms with Crippen LogP contribution in [0.2, 0.25) is 0 Å². The van der Waals surface area contributed by atoms with Gasteiger partial charge in [-0.2, -0.15) is 0 Å². The lowest BCUT2D eigenvalue weighted by molar-refractivity contribution is -0.0102.